The van der Waals surface area contributed by atoms with Crippen LogP contribution in [0.15, 0.2) is 73.0 Å². The second-order valence-electron chi connectivity index (χ2n) is 6.16. The first-order valence-electron chi connectivity index (χ1n) is 8.36. The summed E-state index contributed by atoms with van der Waals surface area (Å²) < 4.78 is 34.3. The molecule has 27 heavy (non-hydrogen) atoms. The molecule has 0 aliphatic carbocycles. The number of allylic oxidation sites excluding steroid dienone is 2. The van der Waals surface area contributed by atoms with E-state index in [0.717, 1.165) is 11.6 Å². The summed E-state index contributed by atoms with van der Waals surface area (Å²) in [7, 11) is 1.20. The molecular formula is C21H19F2NO3. The lowest BCUT2D eigenvalue weighted by Crippen LogP contribution is -2.29. The lowest BCUT2D eigenvalue weighted by atomic mass is 9.97. The first-order valence-corrected chi connectivity index (χ1v) is 8.36. The maximum Gasteiger partial charge on any atom is 0.337 e. The molecule has 0 fully saturated rings. The number of carbonyl (C=O) groups is 1. The van der Waals surface area contributed by atoms with Crippen molar-refractivity contribution < 1.29 is 23.4 Å². The number of esters is 1. The number of carbonyl (C=O) groups excluding carboxylic acids is 1. The average molecular weight is 371 g/mol. The van der Waals surface area contributed by atoms with E-state index in [0.29, 0.717) is 6.54 Å². The summed E-state index contributed by atoms with van der Waals surface area (Å²) in [6.07, 6.45) is 6.18. The van der Waals surface area contributed by atoms with Gasteiger partial charge < -0.3 is 14.7 Å². The molecule has 2 aromatic carbocycles. The third-order valence-electron chi connectivity index (χ3n) is 4.34. The van der Waals surface area contributed by atoms with E-state index in [1.807, 2.05) is 0 Å². The van der Waals surface area contributed by atoms with Crippen molar-refractivity contribution in [3.63, 3.8) is 0 Å². The number of benzene rings is 2. The minimum Gasteiger partial charge on any atom is -0.465 e. The van der Waals surface area contributed by atoms with Crippen molar-refractivity contribution in [3.8, 4) is 0 Å². The molecule has 6 heteroatoms. The molecule has 0 bridgehead atoms. The number of halogens is 2. The van der Waals surface area contributed by atoms with Crippen LogP contribution in [0.2, 0.25) is 0 Å². The second-order valence-corrected chi connectivity index (χ2v) is 6.16. The van der Waals surface area contributed by atoms with Crippen molar-refractivity contribution in [3.05, 3.63) is 95.2 Å². The van der Waals surface area contributed by atoms with E-state index >= 15 is 0 Å². The fourth-order valence-corrected chi connectivity index (χ4v) is 2.83. The fourth-order valence-electron chi connectivity index (χ4n) is 2.83. The molecule has 0 spiro atoms. The van der Waals surface area contributed by atoms with Crippen LogP contribution in [0.25, 0.3) is 0 Å². The van der Waals surface area contributed by atoms with Gasteiger partial charge in [0.25, 0.3) is 5.92 Å². The smallest absolute Gasteiger partial charge is 0.337 e. The molecule has 1 N–H and O–H groups in total. The molecule has 0 saturated heterocycles. The van der Waals surface area contributed by atoms with Crippen molar-refractivity contribution in [1.82, 2.24) is 4.90 Å². The first kappa shape index (κ1) is 18.8. The van der Waals surface area contributed by atoms with Gasteiger partial charge in [0, 0.05) is 23.9 Å². The van der Waals surface area contributed by atoms with Gasteiger partial charge in [0.15, 0.2) is 0 Å². The molecule has 0 radical (unpaired) electrons. The van der Waals surface area contributed by atoms with Gasteiger partial charge in [-0.25, -0.2) is 4.79 Å². The molecule has 1 aliphatic rings. The van der Waals surface area contributed by atoms with E-state index in [4.69, 9.17) is 0 Å². The molecule has 0 aromatic heterocycles. The van der Waals surface area contributed by atoms with Crippen LogP contribution in [0.4, 0.5) is 8.78 Å². The van der Waals surface area contributed by atoms with E-state index in [1.165, 1.54) is 37.4 Å². The quantitative estimate of drug-likeness (QED) is 0.812. The van der Waals surface area contributed by atoms with Crippen molar-refractivity contribution in [2.24, 2.45) is 0 Å². The monoisotopic (exact) mass is 371 g/mol. The number of ether oxygens (including phenoxy) is 1. The molecule has 0 amide bonds. The van der Waals surface area contributed by atoms with Gasteiger partial charge in [0.1, 0.15) is 6.23 Å². The Morgan fingerprint density at radius 3 is 2.56 bits per heavy atom. The molecule has 1 atom stereocenters. The minimum absolute atomic E-state index is 0.0743. The molecule has 1 aliphatic heterocycles. The van der Waals surface area contributed by atoms with Gasteiger partial charge in [-0.3, -0.25) is 0 Å². The van der Waals surface area contributed by atoms with Crippen LogP contribution in [0.3, 0.4) is 0 Å². The highest BCUT2D eigenvalue weighted by molar-refractivity contribution is 5.89. The highest BCUT2D eigenvalue weighted by Gasteiger charge is 2.34. The molecule has 1 heterocycles. The fraction of sp³-hybridized carbons (Fsp3) is 0.190. The predicted octanol–water partition coefficient (Wildman–Crippen LogP) is 3.82. The van der Waals surface area contributed by atoms with Gasteiger partial charge in [-0.15, -0.1) is 0 Å². The minimum atomic E-state index is -3.25. The Balaban J connectivity index is 1.80. The van der Waals surface area contributed by atoms with Gasteiger partial charge in [-0.1, -0.05) is 42.5 Å². The number of aliphatic hydroxyl groups excluding tert-OH is 1. The summed E-state index contributed by atoms with van der Waals surface area (Å²) in [6.45, 7) is 0.395. The van der Waals surface area contributed by atoms with E-state index in [2.05, 4.69) is 4.74 Å². The first-order chi connectivity index (χ1) is 12.9. The van der Waals surface area contributed by atoms with Gasteiger partial charge in [-0.2, -0.15) is 8.78 Å². The van der Waals surface area contributed by atoms with Crippen LogP contribution in [0, 0.1) is 0 Å². The molecule has 1 unspecified atom stereocenters. The topological polar surface area (TPSA) is 49.8 Å². The molecule has 2 aromatic rings. The highest BCUT2D eigenvalue weighted by atomic mass is 19.3. The Labute approximate surface area is 156 Å². The second kappa shape index (κ2) is 7.72. The molecule has 3 rings (SSSR count). The summed E-state index contributed by atoms with van der Waals surface area (Å²) in [6, 6.07) is 11.2. The number of alkyl halides is 2. The van der Waals surface area contributed by atoms with Gasteiger partial charge in [-0.05, 0) is 29.8 Å². The van der Waals surface area contributed by atoms with Crippen LogP contribution in [-0.2, 0) is 17.2 Å². The van der Waals surface area contributed by atoms with Crippen molar-refractivity contribution in [1.29, 1.82) is 0 Å². The Bertz CT molecular complexity index is 875. The molecule has 4 nitrogen and oxygen atoms in total. The van der Waals surface area contributed by atoms with Crippen molar-refractivity contribution >= 4 is 5.97 Å². The summed E-state index contributed by atoms with van der Waals surface area (Å²) in [4.78, 5) is 13.3. The number of methoxy groups -OCH3 is 1. The van der Waals surface area contributed by atoms with Gasteiger partial charge in [0.05, 0.1) is 12.7 Å². The van der Waals surface area contributed by atoms with Crippen LogP contribution in [-0.4, -0.2) is 29.3 Å². The number of nitrogens with zero attached hydrogens (tertiary/aromatic N) is 1. The van der Waals surface area contributed by atoms with Gasteiger partial charge in [0.2, 0.25) is 0 Å². The summed E-state index contributed by atoms with van der Waals surface area (Å²) in [5, 5.41) is 9.88. The summed E-state index contributed by atoms with van der Waals surface area (Å²) in [5.74, 6) is -3.92. The summed E-state index contributed by atoms with van der Waals surface area (Å²) in [5.41, 5.74) is 0.405. The molecule has 140 valence electrons. The normalized spacial score (nSPS) is 16.4. The molecule has 0 saturated carbocycles. The summed E-state index contributed by atoms with van der Waals surface area (Å²) >= 11 is 0. The maximum absolute atomic E-state index is 14.9. The average Bonchev–Trinajstić information content (AvgIpc) is 2.69. The van der Waals surface area contributed by atoms with E-state index in [9.17, 15) is 18.7 Å². The highest BCUT2D eigenvalue weighted by Crippen LogP contribution is 2.36. The Hall–Kier alpha value is -2.99. The number of hydrogen-bond donors (Lipinski definition) is 1. The van der Waals surface area contributed by atoms with Crippen LogP contribution < -0.4 is 0 Å². The Kier molecular flexibility index (Phi) is 5.37. The standard InChI is InChI=1S/C21H19F2NO3/c1-27-20(26)16-5-4-6-18(13-16)21(22,23)17-10-8-15(9-11-17)14-24-12-3-2-7-19(24)25/h2-13,19,25H,14H2,1H3. The van der Waals surface area contributed by atoms with Crippen molar-refractivity contribution in [2.75, 3.05) is 7.11 Å². The number of aliphatic hydroxyl groups is 1. The predicted molar refractivity (Wildman–Crippen MR) is 97.0 cm³/mol. The SMILES string of the molecule is COC(=O)c1cccc(C(F)(F)c2ccc(CN3C=CC=CC3O)cc2)c1. The zero-order valence-electron chi connectivity index (χ0n) is 14.7. The van der Waals surface area contributed by atoms with Crippen LogP contribution in [0.5, 0.6) is 0 Å². The lowest BCUT2D eigenvalue weighted by molar-refractivity contribution is 0.0424. The maximum atomic E-state index is 14.9. The van der Waals surface area contributed by atoms with Crippen molar-refractivity contribution in [2.45, 2.75) is 18.7 Å². The zero-order valence-corrected chi connectivity index (χ0v) is 14.7. The number of hydrogen-bond acceptors (Lipinski definition) is 4. The third kappa shape index (κ3) is 4.06. The zero-order chi connectivity index (χ0) is 19.4. The van der Waals surface area contributed by atoms with Crippen LogP contribution >= 0.6 is 0 Å². The van der Waals surface area contributed by atoms with E-state index in [-0.39, 0.29) is 16.7 Å². The van der Waals surface area contributed by atoms with E-state index in [1.54, 1.807) is 41.5 Å². The Morgan fingerprint density at radius 2 is 1.89 bits per heavy atom. The van der Waals surface area contributed by atoms with Gasteiger partial charge >= 0.3 is 5.97 Å². The Morgan fingerprint density at radius 1 is 1.15 bits per heavy atom. The van der Waals surface area contributed by atoms with Crippen LogP contribution in [0.1, 0.15) is 27.0 Å². The number of rotatable bonds is 5. The lowest BCUT2D eigenvalue weighted by Gasteiger charge is -2.26. The largest absolute Gasteiger partial charge is 0.465 e. The molecular weight excluding hydrogens is 352 g/mol. The third-order valence-corrected chi connectivity index (χ3v) is 4.34. The van der Waals surface area contributed by atoms with E-state index < -0.39 is 18.1 Å².